The van der Waals surface area contributed by atoms with Gasteiger partial charge in [-0.25, -0.2) is 4.79 Å². The second-order valence-corrected chi connectivity index (χ2v) is 8.66. The molecule has 33 heavy (non-hydrogen) atoms. The number of carbonyl (C=O) groups excluding carboxylic acids is 3. The number of carboxylic acid groups (broad SMARTS) is 1. The third-order valence-electron chi connectivity index (χ3n) is 4.84. The number of thiol groups is 1. The monoisotopic (exact) mass is 482 g/mol. The Bertz CT molecular complexity index is 805. The minimum Gasteiger partial charge on any atom is -0.480 e. The van der Waals surface area contributed by atoms with Crippen molar-refractivity contribution in [2.24, 2.45) is 11.7 Å². The molecule has 0 heterocycles. The molecule has 1 rings (SSSR count). The van der Waals surface area contributed by atoms with E-state index in [1.54, 1.807) is 24.3 Å². The molecule has 10 nitrogen and oxygen atoms in total. The number of rotatable bonds is 13. The minimum absolute atomic E-state index is 0.120. The molecule has 5 atom stereocenters. The molecule has 3 amide bonds. The van der Waals surface area contributed by atoms with Crippen LogP contribution in [0.15, 0.2) is 30.3 Å². The van der Waals surface area contributed by atoms with Gasteiger partial charge in [-0.2, -0.15) is 12.6 Å². The first-order chi connectivity index (χ1) is 15.5. The molecule has 0 radical (unpaired) electrons. The van der Waals surface area contributed by atoms with Gasteiger partial charge in [0.1, 0.15) is 18.1 Å². The van der Waals surface area contributed by atoms with Gasteiger partial charge in [0.05, 0.1) is 12.1 Å². The summed E-state index contributed by atoms with van der Waals surface area (Å²) in [6.07, 6.45) is -0.792. The van der Waals surface area contributed by atoms with Gasteiger partial charge in [-0.3, -0.25) is 14.4 Å². The molecule has 0 bridgehead atoms. The number of hydrogen-bond acceptors (Lipinski definition) is 7. The average molecular weight is 483 g/mol. The fraction of sp³-hybridized carbons (Fsp3) is 0.545. The Morgan fingerprint density at radius 1 is 0.939 bits per heavy atom. The van der Waals surface area contributed by atoms with Crippen molar-refractivity contribution in [3.8, 4) is 0 Å². The van der Waals surface area contributed by atoms with Crippen LogP contribution < -0.4 is 21.7 Å². The lowest BCUT2D eigenvalue weighted by atomic mass is 10.0. The molecular formula is C22H34N4O6S. The summed E-state index contributed by atoms with van der Waals surface area (Å²) in [6, 6.07) is 4.30. The number of carbonyl (C=O) groups is 4. The van der Waals surface area contributed by atoms with Gasteiger partial charge in [-0.15, -0.1) is 0 Å². The van der Waals surface area contributed by atoms with Crippen LogP contribution in [0.1, 0.15) is 32.8 Å². The van der Waals surface area contributed by atoms with Crippen molar-refractivity contribution in [1.82, 2.24) is 16.0 Å². The lowest BCUT2D eigenvalue weighted by Gasteiger charge is -2.26. The zero-order chi connectivity index (χ0) is 25.1. The van der Waals surface area contributed by atoms with E-state index in [2.05, 4.69) is 28.6 Å². The zero-order valence-corrected chi connectivity index (χ0v) is 19.9. The van der Waals surface area contributed by atoms with Crippen LogP contribution >= 0.6 is 12.6 Å². The fourth-order valence-electron chi connectivity index (χ4n) is 3.06. The van der Waals surface area contributed by atoms with Gasteiger partial charge in [0.2, 0.25) is 17.7 Å². The summed E-state index contributed by atoms with van der Waals surface area (Å²) in [5.41, 5.74) is 6.70. The standard InChI is InChI=1S/C22H34N4O6S/c1-12(2)9-15(23)19(28)24-16(10-14-7-5-4-6-8-14)20(29)26-18(13(3)27)21(30)25-17(11-33)22(31)32/h4-8,12-13,15-18,27,33H,9-11,23H2,1-3H3,(H,24,28)(H,25,30)(H,26,29)(H,31,32). The highest BCUT2D eigenvalue weighted by Crippen LogP contribution is 2.07. The molecule has 0 saturated heterocycles. The second-order valence-electron chi connectivity index (χ2n) is 8.30. The van der Waals surface area contributed by atoms with Gasteiger partial charge in [0.15, 0.2) is 0 Å². The van der Waals surface area contributed by atoms with E-state index in [4.69, 9.17) is 10.8 Å². The lowest BCUT2D eigenvalue weighted by molar-refractivity contribution is -0.142. The smallest absolute Gasteiger partial charge is 0.327 e. The predicted octanol–water partition coefficient (Wildman–Crippen LogP) is -0.548. The van der Waals surface area contributed by atoms with E-state index >= 15 is 0 Å². The Kier molecular flexibility index (Phi) is 11.9. The number of hydrogen-bond donors (Lipinski definition) is 7. The number of aliphatic hydroxyl groups is 1. The first kappa shape index (κ1) is 28.4. The molecule has 1 aromatic carbocycles. The van der Waals surface area contributed by atoms with Gasteiger partial charge in [0, 0.05) is 12.2 Å². The average Bonchev–Trinajstić information content (AvgIpc) is 2.74. The highest BCUT2D eigenvalue weighted by atomic mass is 32.1. The Hall–Kier alpha value is -2.63. The number of nitrogens with two attached hydrogens (primary N) is 1. The molecule has 0 aromatic heterocycles. The Morgan fingerprint density at radius 2 is 1.52 bits per heavy atom. The number of amides is 3. The van der Waals surface area contributed by atoms with E-state index in [1.165, 1.54) is 6.92 Å². The van der Waals surface area contributed by atoms with Crippen molar-refractivity contribution in [3.63, 3.8) is 0 Å². The van der Waals surface area contributed by atoms with E-state index in [1.807, 2.05) is 19.9 Å². The van der Waals surface area contributed by atoms with E-state index in [-0.39, 0.29) is 18.1 Å². The van der Waals surface area contributed by atoms with Crippen molar-refractivity contribution >= 4 is 36.3 Å². The Morgan fingerprint density at radius 3 is 2.00 bits per heavy atom. The normalized spacial score (nSPS) is 15.6. The molecule has 7 N–H and O–H groups in total. The maximum absolute atomic E-state index is 13.0. The molecule has 11 heteroatoms. The van der Waals surface area contributed by atoms with Crippen molar-refractivity contribution in [1.29, 1.82) is 0 Å². The summed E-state index contributed by atoms with van der Waals surface area (Å²) in [5.74, 6) is -3.43. The third-order valence-corrected chi connectivity index (χ3v) is 5.20. The van der Waals surface area contributed by atoms with Crippen LogP contribution in [0.3, 0.4) is 0 Å². The number of carboxylic acids is 1. The fourth-order valence-corrected chi connectivity index (χ4v) is 3.31. The van der Waals surface area contributed by atoms with Crippen molar-refractivity contribution in [2.45, 2.75) is 63.9 Å². The van der Waals surface area contributed by atoms with Gasteiger partial charge < -0.3 is 31.9 Å². The molecule has 0 fully saturated rings. The SMILES string of the molecule is CC(C)CC(N)C(=O)NC(Cc1ccccc1)C(=O)NC(C(=O)NC(CS)C(=O)O)C(C)O. The van der Waals surface area contributed by atoms with Crippen molar-refractivity contribution < 1.29 is 29.4 Å². The van der Waals surface area contributed by atoms with Crippen molar-refractivity contribution in [2.75, 3.05) is 5.75 Å². The highest BCUT2D eigenvalue weighted by Gasteiger charge is 2.32. The summed E-state index contributed by atoms with van der Waals surface area (Å²) in [6.45, 7) is 5.12. The quantitative estimate of drug-likeness (QED) is 0.185. The van der Waals surface area contributed by atoms with Gasteiger partial charge in [-0.05, 0) is 24.8 Å². The predicted molar refractivity (Wildman–Crippen MR) is 127 cm³/mol. The molecule has 0 spiro atoms. The molecule has 5 unspecified atom stereocenters. The maximum atomic E-state index is 13.0. The molecule has 0 aliphatic carbocycles. The topological polar surface area (TPSA) is 171 Å². The zero-order valence-electron chi connectivity index (χ0n) is 19.0. The van der Waals surface area contributed by atoms with Crippen LogP contribution in [0.4, 0.5) is 0 Å². The summed E-state index contributed by atoms with van der Waals surface area (Å²) < 4.78 is 0. The van der Waals surface area contributed by atoms with Crippen molar-refractivity contribution in [3.05, 3.63) is 35.9 Å². The van der Waals surface area contributed by atoms with Gasteiger partial charge in [-0.1, -0.05) is 44.2 Å². The Labute approximate surface area is 199 Å². The van der Waals surface area contributed by atoms with E-state index in [0.717, 1.165) is 5.56 Å². The maximum Gasteiger partial charge on any atom is 0.327 e. The summed E-state index contributed by atoms with van der Waals surface area (Å²) in [5, 5.41) is 26.4. The molecule has 0 aliphatic heterocycles. The van der Waals surface area contributed by atoms with Crippen LogP contribution in [0.5, 0.6) is 0 Å². The van der Waals surface area contributed by atoms with Crippen LogP contribution in [0, 0.1) is 5.92 Å². The molecule has 0 aliphatic rings. The number of aliphatic hydroxyl groups excluding tert-OH is 1. The van der Waals surface area contributed by atoms with Crippen LogP contribution in [0.2, 0.25) is 0 Å². The second kappa shape index (κ2) is 13.8. The van der Waals surface area contributed by atoms with Crippen LogP contribution in [0.25, 0.3) is 0 Å². The summed E-state index contributed by atoms with van der Waals surface area (Å²) >= 11 is 3.88. The first-order valence-electron chi connectivity index (χ1n) is 10.7. The number of aliphatic carboxylic acids is 1. The third kappa shape index (κ3) is 9.80. The largest absolute Gasteiger partial charge is 0.480 e. The Balaban J connectivity index is 3.04. The van der Waals surface area contributed by atoms with E-state index < -0.39 is 54.0 Å². The van der Waals surface area contributed by atoms with E-state index in [0.29, 0.717) is 6.42 Å². The van der Waals surface area contributed by atoms with E-state index in [9.17, 15) is 24.3 Å². The van der Waals surface area contributed by atoms with Crippen LogP contribution in [-0.2, 0) is 25.6 Å². The number of benzene rings is 1. The minimum atomic E-state index is -1.45. The highest BCUT2D eigenvalue weighted by molar-refractivity contribution is 7.80. The summed E-state index contributed by atoms with van der Waals surface area (Å²) in [4.78, 5) is 49.3. The molecule has 1 aromatic rings. The molecule has 0 saturated carbocycles. The summed E-state index contributed by atoms with van der Waals surface area (Å²) in [7, 11) is 0. The van der Waals surface area contributed by atoms with Crippen LogP contribution in [-0.4, -0.2) is 69.9 Å². The number of nitrogens with one attached hydrogen (secondary N) is 3. The molecular weight excluding hydrogens is 448 g/mol. The van der Waals surface area contributed by atoms with Gasteiger partial charge >= 0.3 is 5.97 Å². The van der Waals surface area contributed by atoms with Gasteiger partial charge in [0.25, 0.3) is 0 Å². The first-order valence-corrected chi connectivity index (χ1v) is 11.3. The lowest BCUT2D eigenvalue weighted by Crippen LogP contribution is -2.60. The molecule has 184 valence electrons.